The highest BCUT2D eigenvalue weighted by Crippen LogP contribution is 2.56. The van der Waals surface area contributed by atoms with Gasteiger partial charge in [-0.3, -0.25) is 10.00 Å². The minimum Gasteiger partial charge on any atom is -0.480 e. The quantitative estimate of drug-likeness (QED) is 0.220. The number of piperidine rings is 1. The van der Waals surface area contributed by atoms with Gasteiger partial charge in [-0.05, 0) is 70.5 Å². The second-order valence-electron chi connectivity index (χ2n) is 16.5. The number of rotatable bonds is 7. The van der Waals surface area contributed by atoms with Crippen LogP contribution in [0.2, 0.25) is 5.02 Å². The van der Waals surface area contributed by atoms with Crippen molar-refractivity contribution < 1.29 is 27.0 Å². The van der Waals surface area contributed by atoms with E-state index in [-0.39, 0.29) is 57.0 Å². The Bertz CT molecular complexity index is 2170. The summed E-state index contributed by atoms with van der Waals surface area (Å²) in [6.07, 6.45) is 7.99. The van der Waals surface area contributed by atoms with Gasteiger partial charge < -0.3 is 19.1 Å². The molecule has 12 nitrogen and oxygen atoms in total. The Morgan fingerprint density at radius 3 is 2.64 bits per heavy atom. The molecule has 6 heterocycles. The zero-order valence-corrected chi connectivity index (χ0v) is 32.8. The molecule has 4 aromatic rings. The van der Waals surface area contributed by atoms with Crippen LogP contribution in [-0.4, -0.2) is 108 Å². The lowest BCUT2D eigenvalue weighted by molar-refractivity contribution is -0.0883. The molecule has 3 saturated heterocycles. The minimum absolute atomic E-state index is 0.0474. The van der Waals surface area contributed by atoms with Gasteiger partial charge >= 0.3 is 6.01 Å². The van der Waals surface area contributed by atoms with E-state index < -0.39 is 15.7 Å². The summed E-state index contributed by atoms with van der Waals surface area (Å²) >= 11 is 6.66. The number of nitrogens with zero attached hydrogens (tertiary/aromatic N) is 6. The maximum Gasteiger partial charge on any atom is 0.319 e. The lowest BCUT2D eigenvalue weighted by atomic mass is 9.66. The largest absolute Gasteiger partial charge is 0.480 e. The van der Waals surface area contributed by atoms with Crippen LogP contribution in [0.3, 0.4) is 0 Å². The number of ether oxygens (including phenoxy) is 3. The maximum atomic E-state index is 17.3. The van der Waals surface area contributed by atoms with E-state index in [1.165, 1.54) is 7.11 Å². The standard InChI is InChI=1S/C38H49ClFN7O5S/c1-23-26(39)18-27-25(19-41-45-27)28(23)31-30(40)32-29(34(42-31)50-5)33(46-14-15-51-21-36(2,3)20-46)44-35(43-32)52-22-38-11-6-10-37(38,4)47(13-7-12-38)24-8-16-53(48,49)17-9-24/h18-19,24H,6-17,20-22H2,1-5H3,(H,41,45)/t37?,38-/m1/s1. The first-order valence-corrected chi connectivity index (χ1v) is 21.0. The Morgan fingerprint density at radius 2 is 1.87 bits per heavy atom. The van der Waals surface area contributed by atoms with Crippen LogP contribution < -0.4 is 14.4 Å². The van der Waals surface area contributed by atoms with Crippen molar-refractivity contribution in [2.45, 2.75) is 84.2 Å². The van der Waals surface area contributed by atoms with E-state index in [1.807, 2.05) is 6.92 Å². The van der Waals surface area contributed by atoms with E-state index in [1.54, 1.807) is 12.3 Å². The topological polar surface area (TPSA) is 136 Å². The van der Waals surface area contributed by atoms with Crippen molar-refractivity contribution in [1.82, 2.24) is 30.0 Å². The Hall–Kier alpha value is -3.33. The van der Waals surface area contributed by atoms with Gasteiger partial charge in [0.25, 0.3) is 0 Å². The van der Waals surface area contributed by atoms with Crippen LogP contribution in [0, 0.1) is 23.6 Å². The van der Waals surface area contributed by atoms with Crippen molar-refractivity contribution in [2.24, 2.45) is 10.8 Å². The van der Waals surface area contributed by atoms with E-state index in [0.717, 1.165) is 38.6 Å². The Kier molecular flexibility index (Phi) is 9.30. The number of anilines is 1. The lowest BCUT2D eigenvalue weighted by Crippen LogP contribution is -2.64. The summed E-state index contributed by atoms with van der Waals surface area (Å²) in [6, 6.07) is 2.09. The number of methoxy groups -OCH3 is 1. The Labute approximate surface area is 315 Å². The average Bonchev–Trinajstić information content (AvgIpc) is 3.68. The second-order valence-corrected chi connectivity index (χ2v) is 19.3. The number of hydrogen-bond acceptors (Lipinski definition) is 11. The third-order valence-corrected chi connectivity index (χ3v) is 14.7. The third-order valence-electron chi connectivity index (χ3n) is 12.6. The Balaban J connectivity index is 1.24. The normalized spacial score (nSPS) is 26.5. The molecule has 53 heavy (non-hydrogen) atoms. The van der Waals surface area contributed by atoms with Crippen molar-refractivity contribution in [1.29, 1.82) is 0 Å². The number of benzene rings is 1. The highest BCUT2D eigenvalue weighted by atomic mass is 35.5. The zero-order valence-electron chi connectivity index (χ0n) is 31.2. The van der Waals surface area contributed by atoms with Crippen LogP contribution in [0.15, 0.2) is 12.3 Å². The molecule has 0 radical (unpaired) electrons. The van der Waals surface area contributed by atoms with Gasteiger partial charge in [-0.2, -0.15) is 15.1 Å². The first-order valence-electron chi connectivity index (χ1n) is 18.8. The minimum atomic E-state index is -2.98. The van der Waals surface area contributed by atoms with Crippen molar-refractivity contribution in [3.63, 3.8) is 0 Å². The van der Waals surface area contributed by atoms with Gasteiger partial charge in [0.1, 0.15) is 32.3 Å². The molecule has 2 atom stereocenters. The van der Waals surface area contributed by atoms with Crippen molar-refractivity contribution in [3.8, 4) is 23.1 Å². The van der Waals surface area contributed by atoms with Gasteiger partial charge in [0.2, 0.25) is 5.88 Å². The van der Waals surface area contributed by atoms with Crippen LogP contribution in [0.5, 0.6) is 11.9 Å². The predicted molar refractivity (Wildman–Crippen MR) is 203 cm³/mol. The molecule has 0 bridgehead atoms. The molecule has 4 aliphatic rings. The number of nitrogens with one attached hydrogen (secondary N) is 1. The zero-order chi connectivity index (χ0) is 37.3. The summed E-state index contributed by atoms with van der Waals surface area (Å²) in [5, 5.41) is 8.63. The average molecular weight is 770 g/mol. The fourth-order valence-electron chi connectivity index (χ4n) is 9.78. The molecule has 0 spiro atoms. The van der Waals surface area contributed by atoms with E-state index in [4.69, 9.17) is 40.8 Å². The predicted octanol–water partition coefficient (Wildman–Crippen LogP) is 6.52. The SMILES string of the molecule is COc1nc(-c2c(C)c(Cl)cc3[nH]ncc23)c(F)c2nc(OC[C@@]34CCCN(C5CCS(=O)(=O)CC5)C3(C)CCC4)nc(N3CCOCC(C)(C)C3)c12. The first-order chi connectivity index (χ1) is 25.2. The smallest absolute Gasteiger partial charge is 0.319 e. The molecule has 286 valence electrons. The van der Waals surface area contributed by atoms with Gasteiger partial charge in [-0.25, -0.2) is 17.8 Å². The van der Waals surface area contributed by atoms with E-state index in [0.29, 0.717) is 84.0 Å². The molecule has 8 rings (SSSR count). The number of likely N-dealkylation sites (tertiary alicyclic amines) is 1. The van der Waals surface area contributed by atoms with Gasteiger partial charge in [0, 0.05) is 51.5 Å². The molecule has 1 unspecified atom stereocenters. The number of fused-ring (bicyclic) bond motifs is 3. The molecule has 1 aromatic carbocycles. The molecule has 1 saturated carbocycles. The number of halogens is 2. The van der Waals surface area contributed by atoms with E-state index in [2.05, 4.69) is 40.8 Å². The monoisotopic (exact) mass is 769 g/mol. The molecule has 1 N–H and O–H groups in total. The van der Waals surface area contributed by atoms with Crippen LogP contribution in [-0.2, 0) is 14.6 Å². The molecule has 4 fully saturated rings. The van der Waals surface area contributed by atoms with Crippen molar-refractivity contribution in [3.05, 3.63) is 28.7 Å². The van der Waals surface area contributed by atoms with E-state index in [9.17, 15) is 8.42 Å². The number of sulfone groups is 1. The molecule has 1 aliphatic carbocycles. The fourth-order valence-corrected chi connectivity index (χ4v) is 11.5. The molecule has 3 aliphatic heterocycles. The molecular formula is C38H49ClFN7O5S. The molecule has 15 heteroatoms. The summed E-state index contributed by atoms with van der Waals surface area (Å²) in [6.45, 7) is 11.9. The number of aromatic amines is 1. The molecular weight excluding hydrogens is 721 g/mol. The third kappa shape index (κ3) is 6.30. The van der Waals surface area contributed by atoms with Crippen molar-refractivity contribution in [2.75, 3.05) is 63.0 Å². The highest BCUT2D eigenvalue weighted by Gasteiger charge is 2.58. The van der Waals surface area contributed by atoms with Crippen LogP contribution in [0.1, 0.15) is 71.3 Å². The first kappa shape index (κ1) is 36.6. The lowest BCUT2D eigenvalue weighted by Gasteiger charge is -2.57. The maximum absolute atomic E-state index is 17.3. The number of hydrogen-bond donors (Lipinski definition) is 1. The van der Waals surface area contributed by atoms with Crippen LogP contribution >= 0.6 is 11.6 Å². The van der Waals surface area contributed by atoms with Crippen LogP contribution in [0.25, 0.3) is 33.1 Å². The van der Waals surface area contributed by atoms with E-state index >= 15 is 4.39 Å². The van der Waals surface area contributed by atoms with Gasteiger partial charge in [0.15, 0.2) is 5.82 Å². The van der Waals surface area contributed by atoms with Crippen LogP contribution in [0.4, 0.5) is 10.2 Å². The summed E-state index contributed by atoms with van der Waals surface area (Å²) in [5.41, 5.74) is 1.34. The number of pyridine rings is 1. The van der Waals surface area contributed by atoms with Gasteiger partial charge in [-0.1, -0.05) is 31.9 Å². The summed E-state index contributed by atoms with van der Waals surface area (Å²) in [4.78, 5) is 19.3. The van der Waals surface area contributed by atoms with Crippen molar-refractivity contribution >= 4 is 49.1 Å². The summed E-state index contributed by atoms with van der Waals surface area (Å²) < 4.78 is 60.6. The fraction of sp³-hybridized carbons (Fsp3) is 0.632. The second kappa shape index (κ2) is 13.5. The molecule has 0 amide bonds. The van der Waals surface area contributed by atoms with Gasteiger partial charge in [0.05, 0.1) is 50.1 Å². The Morgan fingerprint density at radius 1 is 1.09 bits per heavy atom. The number of aromatic nitrogens is 5. The van der Waals surface area contributed by atoms with Gasteiger partial charge in [-0.15, -0.1) is 0 Å². The summed E-state index contributed by atoms with van der Waals surface area (Å²) in [7, 11) is -1.46. The summed E-state index contributed by atoms with van der Waals surface area (Å²) in [5.74, 6) is 0.526. The molecule has 3 aromatic heterocycles. The number of H-pyrrole nitrogens is 1. The highest BCUT2D eigenvalue weighted by molar-refractivity contribution is 7.91.